The Hall–Kier alpha value is -2.79. The predicted molar refractivity (Wildman–Crippen MR) is 121 cm³/mol. The summed E-state index contributed by atoms with van der Waals surface area (Å²) in [6.07, 6.45) is 5.81. The molecular weight excluding hydrogens is 380 g/mol. The molecule has 0 aliphatic rings. The fourth-order valence-electron chi connectivity index (χ4n) is 3.12. The fraction of sp³-hybridized carbons (Fsp3) is 0.250. The van der Waals surface area contributed by atoms with Gasteiger partial charge in [-0.05, 0) is 66.9 Å². The van der Waals surface area contributed by atoms with Crippen molar-refractivity contribution in [2.75, 3.05) is 10.0 Å². The number of rotatable bonds is 10. The van der Waals surface area contributed by atoms with Gasteiger partial charge in [-0.25, -0.2) is 8.42 Å². The van der Waals surface area contributed by atoms with Crippen LogP contribution in [0.2, 0.25) is 0 Å². The van der Waals surface area contributed by atoms with E-state index in [2.05, 4.69) is 17.0 Å². The van der Waals surface area contributed by atoms with Crippen LogP contribution in [-0.4, -0.2) is 8.42 Å². The zero-order chi connectivity index (χ0) is 20.5. The Balaban J connectivity index is 1.60. The average Bonchev–Trinajstić information content (AvgIpc) is 2.74. The van der Waals surface area contributed by atoms with Crippen molar-refractivity contribution in [1.29, 1.82) is 0 Å². The van der Waals surface area contributed by atoms with Crippen LogP contribution in [0.25, 0.3) is 0 Å². The third-order valence-corrected chi connectivity index (χ3v) is 6.15. The SMILES string of the molecule is CCCCCCc1ccc(S(=O)(=O)Nc2ccc(Nc3ccccc3)cc2)cc1. The quantitative estimate of drug-likeness (QED) is 0.384. The first-order valence-corrected chi connectivity index (χ1v) is 11.6. The van der Waals surface area contributed by atoms with Gasteiger partial charge in [0.15, 0.2) is 0 Å². The number of hydrogen-bond donors (Lipinski definition) is 2. The Morgan fingerprint density at radius 3 is 1.97 bits per heavy atom. The van der Waals surface area contributed by atoms with Crippen molar-refractivity contribution in [3.05, 3.63) is 84.4 Å². The van der Waals surface area contributed by atoms with Crippen LogP contribution in [-0.2, 0) is 16.4 Å². The molecule has 2 N–H and O–H groups in total. The van der Waals surface area contributed by atoms with Crippen molar-refractivity contribution >= 4 is 27.1 Å². The van der Waals surface area contributed by atoms with Gasteiger partial charge in [-0.3, -0.25) is 4.72 Å². The average molecular weight is 409 g/mol. The number of hydrogen-bond acceptors (Lipinski definition) is 3. The number of sulfonamides is 1. The van der Waals surface area contributed by atoms with E-state index in [0.29, 0.717) is 5.69 Å². The lowest BCUT2D eigenvalue weighted by Gasteiger charge is -2.11. The molecule has 152 valence electrons. The minimum absolute atomic E-state index is 0.279. The highest BCUT2D eigenvalue weighted by Crippen LogP contribution is 2.21. The Morgan fingerprint density at radius 2 is 1.31 bits per heavy atom. The first-order chi connectivity index (χ1) is 14.1. The standard InChI is InChI=1S/C24H28N2O2S/c1-2-3-4-6-9-20-12-18-24(19-13-20)29(27,28)26-23-16-14-22(15-17-23)25-21-10-7-5-8-11-21/h5,7-8,10-19,25-26H,2-4,6,9H2,1H3. The summed E-state index contributed by atoms with van der Waals surface area (Å²) in [5, 5.41) is 3.28. The molecule has 0 aliphatic heterocycles. The first kappa shape index (κ1) is 20.9. The van der Waals surface area contributed by atoms with Crippen molar-refractivity contribution < 1.29 is 8.42 Å². The number of benzene rings is 3. The molecule has 4 nitrogen and oxygen atoms in total. The van der Waals surface area contributed by atoms with Crippen LogP contribution in [0.5, 0.6) is 0 Å². The molecule has 0 amide bonds. The topological polar surface area (TPSA) is 58.2 Å². The molecule has 0 aliphatic carbocycles. The molecule has 0 heterocycles. The summed E-state index contributed by atoms with van der Waals surface area (Å²) < 4.78 is 28.0. The van der Waals surface area contributed by atoms with Crippen LogP contribution in [0.3, 0.4) is 0 Å². The van der Waals surface area contributed by atoms with Gasteiger partial charge in [0.2, 0.25) is 0 Å². The van der Waals surface area contributed by atoms with E-state index in [9.17, 15) is 8.42 Å². The maximum Gasteiger partial charge on any atom is 0.261 e. The highest BCUT2D eigenvalue weighted by molar-refractivity contribution is 7.92. The molecule has 3 rings (SSSR count). The third-order valence-electron chi connectivity index (χ3n) is 4.75. The maximum absolute atomic E-state index is 12.7. The Labute approximate surface area is 174 Å². The van der Waals surface area contributed by atoms with E-state index in [1.807, 2.05) is 54.6 Å². The highest BCUT2D eigenvalue weighted by atomic mass is 32.2. The lowest BCUT2D eigenvalue weighted by molar-refractivity contribution is 0.601. The van der Waals surface area contributed by atoms with Crippen LogP contribution < -0.4 is 10.0 Å². The summed E-state index contributed by atoms with van der Waals surface area (Å²) >= 11 is 0. The molecule has 0 atom stereocenters. The van der Waals surface area contributed by atoms with E-state index in [4.69, 9.17) is 0 Å². The molecule has 0 radical (unpaired) electrons. The van der Waals surface area contributed by atoms with Crippen LogP contribution in [0.15, 0.2) is 83.8 Å². The molecular formula is C24H28N2O2S. The number of para-hydroxylation sites is 1. The van der Waals surface area contributed by atoms with Crippen molar-refractivity contribution in [3.63, 3.8) is 0 Å². The van der Waals surface area contributed by atoms with Crippen molar-refractivity contribution in [2.24, 2.45) is 0 Å². The molecule has 0 spiro atoms. The number of nitrogens with one attached hydrogen (secondary N) is 2. The zero-order valence-electron chi connectivity index (χ0n) is 16.8. The Bertz CT molecular complexity index is 983. The van der Waals surface area contributed by atoms with Crippen LogP contribution in [0.4, 0.5) is 17.1 Å². The second-order valence-electron chi connectivity index (χ2n) is 7.13. The van der Waals surface area contributed by atoms with E-state index in [-0.39, 0.29) is 4.90 Å². The van der Waals surface area contributed by atoms with Gasteiger partial charge in [-0.2, -0.15) is 0 Å². The van der Waals surface area contributed by atoms with E-state index in [1.165, 1.54) is 24.8 Å². The second-order valence-corrected chi connectivity index (χ2v) is 8.81. The number of anilines is 3. The van der Waals surface area contributed by atoms with E-state index >= 15 is 0 Å². The molecule has 0 saturated carbocycles. The molecule has 29 heavy (non-hydrogen) atoms. The summed E-state index contributed by atoms with van der Waals surface area (Å²) in [5.41, 5.74) is 3.59. The van der Waals surface area contributed by atoms with Gasteiger partial charge in [0.05, 0.1) is 4.90 Å². The van der Waals surface area contributed by atoms with Crippen molar-refractivity contribution in [3.8, 4) is 0 Å². The molecule has 5 heteroatoms. The lowest BCUT2D eigenvalue weighted by atomic mass is 10.1. The van der Waals surface area contributed by atoms with Crippen LogP contribution in [0, 0.1) is 0 Å². The summed E-state index contributed by atoms with van der Waals surface area (Å²) in [5.74, 6) is 0. The summed E-state index contributed by atoms with van der Waals surface area (Å²) in [4.78, 5) is 0.279. The normalized spacial score (nSPS) is 11.2. The molecule has 0 aromatic heterocycles. The zero-order valence-corrected chi connectivity index (χ0v) is 17.6. The molecule has 0 unspecified atom stereocenters. The smallest absolute Gasteiger partial charge is 0.261 e. The van der Waals surface area contributed by atoms with Gasteiger partial charge in [0.25, 0.3) is 10.0 Å². The van der Waals surface area contributed by atoms with Gasteiger partial charge in [-0.1, -0.05) is 56.5 Å². The Morgan fingerprint density at radius 1 is 0.690 bits per heavy atom. The van der Waals surface area contributed by atoms with Crippen molar-refractivity contribution in [2.45, 2.75) is 43.9 Å². The predicted octanol–water partition coefficient (Wildman–Crippen LogP) is 6.35. The molecule has 3 aromatic carbocycles. The molecule has 3 aromatic rings. The lowest BCUT2D eigenvalue weighted by Crippen LogP contribution is -2.12. The van der Waals surface area contributed by atoms with Gasteiger partial charge in [0, 0.05) is 17.1 Å². The van der Waals surface area contributed by atoms with Gasteiger partial charge in [-0.15, -0.1) is 0 Å². The van der Waals surface area contributed by atoms with Gasteiger partial charge < -0.3 is 5.32 Å². The molecule has 0 fully saturated rings. The van der Waals surface area contributed by atoms with Crippen LogP contribution >= 0.6 is 0 Å². The summed E-state index contributed by atoms with van der Waals surface area (Å²) in [7, 11) is -3.60. The van der Waals surface area contributed by atoms with Crippen LogP contribution in [0.1, 0.15) is 38.2 Å². The minimum Gasteiger partial charge on any atom is -0.356 e. The maximum atomic E-state index is 12.7. The number of unbranched alkanes of at least 4 members (excludes halogenated alkanes) is 3. The first-order valence-electron chi connectivity index (χ1n) is 10.1. The largest absolute Gasteiger partial charge is 0.356 e. The molecule has 0 bridgehead atoms. The van der Waals surface area contributed by atoms with E-state index in [0.717, 1.165) is 24.2 Å². The Kier molecular flexibility index (Phi) is 7.30. The monoisotopic (exact) mass is 408 g/mol. The summed E-state index contributed by atoms with van der Waals surface area (Å²) in [6.45, 7) is 2.19. The van der Waals surface area contributed by atoms with Gasteiger partial charge >= 0.3 is 0 Å². The molecule has 0 saturated heterocycles. The number of aryl methyl sites for hydroxylation is 1. The highest BCUT2D eigenvalue weighted by Gasteiger charge is 2.14. The van der Waals surface area contributed by atoms with E-state index in [1.54, 1.807) is 24.3 Å². The van der Waals surface area contributed by atoms with Crippen molar-refractivity contribution in [1.82, 2.24) is 0 Å². The minimum atomic E-state index is -3.60. The summed E-state index contributed by atoms with van der Waals surface area (Å²) in [6, 6.07) is 24.2. The fourth-order valence-corrected chi connectivity index (χ4v) is 4.17. The third kappa shape index (κ3) is 6.36. The van der Waals surface area contributed by atoms with Gasteiger partial charge in [0.1, 0.15) is 0 Å². The second kappa shape index (κ2) is 10.1. The van der Waals surface area contributed by atoms with E-state index < -0.39 is 10.0 Å².